The number of nitrogens with one attached hydrogen (secondary N) is 2. The van der Waals surface area contributed by atoms with Crippen LogP contribution >= 0.6 is 11.3 Å². The van der Waals surface area contributed by atoms with Crippen LogP contribution in [0.4, 0.5) is 10.8 Å². The highest BCUT2D eigenvalue weighted by atomic mass is 32.1. The third-order valence-electron chi connectivity index (χ3n) is 5.68. The van der Waals surface area contributed by atoms with E-state index < -0.39 is 0 Å². The second kappa shape index (κ2) is 9.87. The van der Waals surface area contributed by atoms with E-state index in [4.69, 9.17) is 4.98 Å². The molecule has 0 aliphatic rings. The molecule has 0 saturated heterocycles. The summed E-state index contributed by atoms with van der Waals surface area (Å²) in [5, 5.41) is 9.05. The zero-order valence-corrected chi connectivity index (χ0v) is 19.8. The molecule has 3 aromatic carbocycles. The monoisotopic (exact) mass is 478 g/mol. The normalized spacial score (nSPS) is 10.8. The summed E-state index contributed by atoms with van der Waals surface area (Å²) in [6.07, 6.45) is 1.81. The van der Waals surface area contributed by atoms with E-state index in [2.05, 4.69) is 27.8 Å². The molecule has 2 aromatic heterocycles. The van der Waals surface area contributed by atoms with Gasteiger partial charge in [0.2, 0.25) is 5.91 Å². The molecule has 2 amide bonds. The molecule has 0 spiro atoms. The molecule has 2 N–H and O–H groups in total. The Morgan fingerprint density at radius 2 is 1.63 bits per heavy atom. The van der Waals surface area contributed by atoms with Crippen LogP contribution in [0.2, 0.25) is 0 Å². The lowest BCUT2D eigenvalue weighted by Crippen LogP contribution is -2.17. The van der Waals surface area contributed by atoms with Crippen molar-refractivity contribution in [3.63, 3.8) is 0 Å². The molecule has 0 fully saturated rings. The number of fused-ring (bicyclic) bond motifs is 1. The Hall–Kier alpha value is -4.36. The molecule has 5 aromatic rings. The predicted octanol–water partition coefficient (Wildman–Crippen LogP) is 6.10. The fourth-order valence-corrected chi connectivity index (χ4v) is 4.57. The predicted molar refractivity (Wildman–Crippen MR) is 141 cm³/mol. The Balaban J connectivity index is 1.37. The van der Waals surface area contributed by atoms with E-state index in [0.29, 0.717) is 16.4 Å². The van der Waals surface area contributed by atoms with Gasteiger partial charge in [0.15, 0.2) is 5.13 Å². The van der Waals surface area contributed by atoms with Crippen LogP contribution in [-0.2, 0) is 11.2 Å². The number of anilines is 2. The maximum absolute atomic E-state index is 13.1. The van der Waals surface area contributed by atoms with Gasteiger partial charge in [0.05, 0.1) is 11.9 Å². The van der Waals surface area contributed by atoms with Crippen molar-refractivity contribution < 1.29 is 9.59 Å². The zero-order valence-electron chi connectivity index (χ0n) is 19.0. The summed E-state index contributed by atoms with van der Waals surface area (Å²) < 4.78 is 0. The number of hydrogen-bond acceptors (Lipinski definition) is 5. The Morgan fingerprint density at radius 3 is 2.37 bits per heavy atom. The van der Waals surface area contributed by atoms with E-state index in [-0.39, 0.29) is 18.2 Å². The lowest BCUT2D eigenvalue weighted by atomic mass is 9.92. The van der Waals surface area contributed by atoms with Gasteiger partial charge < -0.3 is 5.32 Å². The average molecular weight is 479 g/mol. The third-order valence-corrected chi connectivity index (χ3v) is 6.37. The average Bonchev–Trinajstić information content (AvgIpc) is 3.38. The number of nitrogens with zero attached hydrogens (tertiary/aromatic N) is 2. The van der Waals surface area contributed by atoms with Gasteiger partial charge in [0, 0.05) is 33.9 Å². The van der Waals surface area contributed by atoms with Crippen molar-refractivity contribution in [3.8, 4) is 11.1 Å². The molecule has 6 nitrogen and oxygen atoms in total. The lowest BCUT2D eigenvalue weighted by molar-refractivity contribution is -0.115. The number of pyridine rings is 1. The standard InChI is InChI=1S/C28H22N4O2S/c1-18-23(26(19-7-3-2-4-8-19)22-9-5-6-10-24(22)30-18)17-25(33)31-21-13-11-20(12-14-21)27(34)32-28-29-15-16-35-28/h2-16H,17H2,1H3,(H,31,33)(H,29,32,34). The van der Waals surface area contributed by atoms with E-state index in [1.54, 1.807) is 35.8 Å². The van der Waals surface area contributed by atoms with Gasteiger partial charge >= 0.3 is 0 Å². The second-order valence-corrected chi connectivity index (χ2v) is 8.92. The lowest BCUT2D eigenvalue weighted by Gasteiger charge is -2.16. The Morgan fingerprint density at radius 1 is 0.886 bits per heavy atom. The quantitative estimate of drug-likeness (QED) is 0.309. The number of carbonyl (C=O) groups is 2. The van der Waals surface area contributed by atoms with E-state index in [0.717, 1.165) is 33.3 Å². The summed E-state index contributed by atoms with van der Waals surface area (Å²) in [6, 6.07) is 24.9. The molecule has 0 aliphatic carbocycles. The van der Waals surface area contributed by atoms with Crippen LogP contribution in [0, 0.1) is 6.92 Å². The fourth-order valence-electron chi connectivity index (χ4n) is 4.05. The summed E-state index contributed by atoms with van der Waals surface area (Å²) in [4.78, 5) is 34.2. The maximum Gasteiger partial charge on any atom is 0.257 e. The number of aromatic nitrogens is 2. The topological polar surface area (TPSA) is 84.0 Å². The van der Waals surface area contributed by atoms with Crippen molar-refractivity contribution in [2.24, 2.45) is 0 Å². The van der Waals surface area contributed by atoms with Crippen LogP contribution in [0.25, 0.3) is 22.0 Å². The van der Waals surface area contributed by atoms with Crippen LogP contribution in [0.1, 0.15) is 21.6 Å². The van der Waals surface area contributed by atoms with Crippen molar-refractivity contribution in [1.82, 2.24) is 9.97 Å². The van der Waals surface area contributed by atoms with E-state index in [1.807, 2.05) is 49.4 Å². The molecule has 0 bridgehead atoms. The van der Waals surface area contributed by atoms with Crippen molar-refractivity contribution in [2.75, 3.05) is 10.6 Å². The first-order valence-corrected chi connectivity index (χ1v) is 12.0. The molecular weight excluding hydrogens is 456 g/mol. The van der Waals surface area contributed by atoms with Gasteiger partial charge in [-0.15, -0.1) is 11.3 Å². The third kappa shape index (κ3) is 4.95. The molecule has 0 saturated carbocycles. The molecule has 5 rings (SSSR count). The largest absolute Gasteiger partial charge is 0.326 e. The summed E-state index contributed by atoms with van der Waals surface area (Å²) in [5.41, 5.74) is 5.80. The number of rotatable bonds is 6. The fraction of sp³-hybridized carbons (Fsp3) is 0.0714. The molecule has 7 heteroatoms. The molecular formula is C28H22N4O2S. The SMILES string of the molecule is Cc1nc2ccccc2c(-c2ccccc2)c1CC(=O)Nc1ccc(C(=O)Nc2nccs2)cc1. The van der Waals surface area contributed by atoms with Crippen LogP contribution in [0.15, 0.2) is 90.4 Å². The Kier molecular flexibility index (Phi) is 6.32. The number of para-hydroxylation sites is 1. The first-order valence-electron chi connectivity index (χ1n) is 11.1. The van der Waals surface area contributed by atoms with Crippen LogP contribution in [-0.4, -0.2) is 21.8 Å². The molecule has 0 radical (unpaired) electrons. The van der Waals surface area contributed by atoms with E-state index in [1.165, 1.54) is 11.3 Å². The van der Waals surface area contributed by atoms with Crippen LogP contribution in [0.3, 0.4) is 0 Å². The van der Waals surface area contributed by atoms with Crippen molar-refractivity contribution in [1.29, 1.82) is 0 Å². The second-order valence-electron chi connectivity index (χ2n) is 8.03. The van der Waals surface area contributed by atoms with E-state index in [9.17, 15) is 9.59 Å². The highest BCUT2D eigenvalue weighted by Crippen LogP contribution is 2.33. The number of aryl methyl sites for hydroxylation is 1. The zero-order chi connectivity index (χ0) is 24.2. The van der Waals surface area contributed by atoms with Crippen molar-refractivity contribution in [2.45, 2.75) is 13.3 Å². The molecule has 0 aliphatic heterocycles. The van der Waals surface area contributed by atoms with Gasteiger partial charge in [0.1, 0.15) is 0 Å². The first-order chi connectivity index (χ1) is 17.1. The smallest absolute Gasteiger partial charge is 0.257 e. The van der Waals surface area contributed by atoms with Crippen molar-refractivity contribution in [3.05, 3.63) is 107 Å². The molecule has 35 heavy (non-hydrogen) atoms. The van der Waals surface area contributed by atoms with Gasteiger partial charge in [-0.2, -0.15) is 0 Å². The van der Waals surface area contributed by atoms with Crippen LogP contribution in [0.5, 0.6) is 0 Å². The highest BCUT2D eigenvalue weighted by Gasteiger charge is 2.17. The summed E-state index contributed by atoms with van der Waals surface area (Å²) in [5.74, 6) is -0.398. The number of amides is 2. The maximum atomic E-state index is 13.1. The van der Waals surface area contributed by atoms with Crippen LogP contribution < -0.4 is 10.6 Å². The minimum atomic E-state index is -0.247. The minimum Gasteiger partial charge on any atom is -0.326 e. The number of thiazole rings is 1. The van der Waals surface area contributed by atoms with Gasteiger partial charge in [-0.3, -0.25) is 19.9 Å². The van der Waals surface area contributed by atoms with Gasteiger partial charge in [0.25, 0.3) is 5.91 Å². The highest BCUT2D eigenvalue weighted by molar-refractivity contribution is 7.13. The van der Waals surface area contributed by atoms with Gasteiger partial charge in [-0.05, 0) is 53.9 Å². The molecule has 172 valence electrons. The molecule has 2 heterocycles. The minimum absolute atomic E-state index is 0.151. The van der Waals surface area contributed by atoms with Gasteiger partial charge in [-0.1, -0.05) is 48.5 Å². The van der Waals surface area contributed by atoms with Gasteiger partial charge in [-0.25, -0.2) is 4.98 Å². The summed E-state index contributed by atoms with van der Waals surface area (Å²) in [7, 11) is 0. The number of hydrogen-bond donors (Lipinski definition) is 2. The molecule has 0 unspecified atom stereocenters. The Bertz CT molecular complexity index is 1500. The summed E-state index contributed by atoms with van der Waals surface area (Å²) in [6.45, 7) is 1.94. The first kappa shape index (κ1) is 22.4. The van der Waals surface area contributed by atoms with E-state index >= 15 is 0 Å². The molecule has 0 atom stereocenters. The number of benzene rings is 3. The summed E-state index contributed by atoms with van der Waals surface area (Å²) >= 11 is 1.35. The number of carbonyl (C=O) groups excluding carboxylic acids is 2. The Labute approximate surface area is 206 Å². The van der Waals surface area contributed by atoms with Crippen molar-refractivity contribution >= 4 is 44.9 Å².